The molecule has 0 aliphatic carbocycles. The van der Waals surface area contributed by atoms with Gasteiger partial charge in [-0.05, 0) is 74.2 Å². The molecule has 0 fully saturated rings. The molecule has 38 heavy (non-hydrogen) atoms. The second-order valence-electron chi connectivity index (χ2n) is 11.3. The molecule has 0 aliphatic heterocycles. The van der Waals surface area contributed by atoms with Crippen LogP contribution in [0.1, 0.15) is 106 Å². The molecule has 1 atom stereocenters. The van der Waals surface area contributed by atoms with Crippen LogP contribution in [-0.4, -0.2) is 17.4 Å². The van der Waals surface area contributed by atoms with Gasteiger partial charge in [0.1, 0.15) is 17.1 Å². The second-order valence-corrected chi connectivity index (χ2v) is 11.3. The molecule has 0 saturated heterocycles. The van der Waals surface area contributed by atoms with Crippen molar-refractivity contribution in [3.8, 4) is 11.5 Å². The van der Waals surface area contributed by atoms with Crippen LogP contribution in [0.5, 0.6) is 11.5 Å². The highest BCUT2D eigenvalue weighted by molar-refractivity contribution is 6.00. The molecule has 0 saturated carbocycles. The molecule has 0 aliphatic rings. The van der Waals surface area contributed by atoms with E-state index in [1.165, 1.54) is 5.56 Å². The Morgan fingerprint density at radius 1 is 0.763 bits per heavy atom. The van der Waals surface area contributed by atoms with E-state index in [4.69, 9.17) is 9.47 Å². The fraction of sp³-hybridized carbons (Fsp3) is 0.412. The van der Waals surface area contributed by atoms with E-state index in [9.17, 15) is 9.59 Å². The van der Waals surface area contributed by atoms with Crippen LogP contribution in [0, 0.1) is 5.92 Å². The van der Waals surface area contributed by atoms with Gasteiger partial charge in [0.2, 0.25) is 0 Å². The van der Waals surface area contributed by atoms with Gasteiger partial charge in [-0.3, -0.25) is 4.79 Å². The van der Waals surface area contributed by atoms with Crippen LogP contribution < -0.4 is 9.47 Å². The number of carbonyl (C=O) groups excluding carboxylic acids is 2. The summed E-state index contributed by atoms with van der Waals surface area (Å²) < 4.78 is 11.8. The summed E-state index contributed by atoms with van der Waals surface area (Å²) in [5.41, 5.74) is 2.75. The van der Waals surface area contributed by atoms with E-state index in [2.05, 4.69) is 53.7 Å². The fourth-order valence-electron chi connectivity index (χ4n) is 4.83. The van der Waals surface area contributed by atoms with E-state index in [-0.39, 0.29) is 22.7 Å². The minimum Gasteiger partial charge on any atom is -0.488 e. The average molecular weight is 515 g/mol. The van der Waals surface area contributed by atoms with Crippen LogP contribution in [0.4, 0.5) is 0 Å². The van der Waals surface area contributed by atoms with Crippen molar-refractivity contribution in [3.05, 3.63) is 95.1 Å². The Bertz CT molecular complexity index is 1220. The van der Waals surface area contributed by atoms with Crippen molar-refractivity contribution in [3.63, 3.8) is 0 Å². The third kappa shape index (κ3) is 7.34. The lowest BCUT2D eigenvalue weighted by molar-refractivity contribution is 0.0734. The van der Waals surface area contributed by atoms with Gasteiger partial charge >= 0.3 is 5.97 Å². The Morgan fingerprint density at radius 3 is 1.87 bits per heavy atom. The Kier molecular flexibility index (Phi) is 9.54. The maximum Gasteiger partial charge on any atom is 0.343 e. The van der Waals surface area contributed by atoms with Crippen molar-refractivity contribution in [1.29, 1.82) is 0 Å². The molecule has 3 aromatic carbocycles. The quantitative estimate of drug-likeness (QED) is 0.138. The molecule has 0 heterocycles. The number of carbonyl (C=O) groups is 2. The lowest BCUT2D eigenvalue weighted by Gasteiger charge is -2.28. The van der Waals surface area contributed by atoms with Crippen LogP contribution in [0.15, 0.2) is 72.8 Å². The van der Waals surface area contributed by atoms with E-state index in [0.29, 0.717) is 16.9 Å². The highest BCUT2D eigenvalue weighted by atomic mass is 16.5. The van der Waals surface area contributed by atoms with E-state index >= 15 is 0 Å². The lowest BCUT2D eigenvalue weighted by Crippen LogP contribution is -2.27. The van der Waals surface area contributed by atoms with Crippen LogP contribution in [0.2, 0.25) is 0 Å². The van der Waals surface area contributed by atoms with E-state index in [1.54, 1.807) is 24.3 Å². The average Bonchev–Trinajstić information content (AvgIpc) is 2.88. The molecule has 1 unspecified atom stereocenters. The third-order valence-electron chi connectivity index (χ3n) is 7.16. The normalized spacial score (nSPS) is 12.6. The molecule has 0 bridgehead atoms. The Balaban J connectivity index is 1.69. The largest absolute Gasteiger partial charge is 0.488 e. The maximum atomic E-state index is 12.8. The molecule has 4 heteroatoms. The minimum atomic E-state index is -0.476. The third-order valence-corrected chi connectivity index (χ3v) is 7.16. The van der Waals surface area contributed by atoms with Gasteiger partial charge in [-0.15, -0.1) is 0 Å². The standard InChI is InChI=1S/C34H42O4/c1-8-11-24(3)31(35)25-12-10-13-26(23-25)32(36)37-29-18-14-27(15-19-29)34(6,7)28-16-20-30(21-17-28)38-33(4,5)22-9-2/h10,12-21,23-24H,8-9,11,22H2,1-7H3. The van der Waals surface area contributed by atoms with Crippen LogP contribution >= 0.6 is 0 Å². The van der Waals surface area contributed by atoms with Gasteiger partial charge < -0.3 is 9.47 Å². The molecule has 4 nitrogen and oxygen atoms in total. The molecule has 3 aromatic rings. The van der Waals surface area contributed by atoms with Gasteiger partial charge in [0.05, 0.1) is 5.56 Å². The number of Topliss-reactive ketones (excluding diaryl/α,β-unsaturated/α-hetero) is 1. The van der Waals surface area contributed by atoms with E-state index in [1.807, 2.05) is 43.3 Å². The van der Waals surface area contributed by atoms with Crippen molar-refractivity contribution in [2.24, 2.45) is 5.92 Å². The molecule has 0 spiro atoms. The zero-order valence-corrected chi connectivity index (χ0v) is 24.0. The monoisotopic (exact) mass is 514 g/mol. The Labute approximate surface area is 228 Å². The number of ketones is 1. The van der Waals surface area contributed by atoms with Crippen LogP contribution in [-0.2, 0) is 5.41 Å². The number of rotatable bonds is 12. The summed E-state index contributed by atoms with van der Waals surface area (Å²) in [7, 11) is 0. The fourth-order valence-corrected chi connectivity index (χ4v) is 4.83. The summed E-state index contributed by atoms with van der Waals surface area (Å²) in [6, 6.07) is 22.7. The molecule has 0 aromatic heterocycles. The van der Waals surface area contributed by atoms with Crippen molar-refractivity contribution >= 4 is 11.8 Å². The van der Waals surface area contributed by atoms with E-state index < -0.39 is 5.97 Å². The number of benzene rings is 3. The summed E-state index contributed by atoms with van der Waals surface area (Å²) in [6.07, 6.45) is 3.84. The summed E-state index contributed by atoms with van der Waals surface area (Å²) in [5, 5.41) is 0. The topological polar surface area (TPSA) is 52.6 Å². The Hall–Kier alpha value is -3.40. The number of hydrogen-bond acceptors (Lipinski definition) is 4. The molecule has 202 valence electrons. The summed E-state index contributed by atoms with van der Waals surface area (Å²) in [6.45, 7) is 14.7. The first kappa shape index (κ1) is 29.2. The van der Waals surface area contributed by atoms with Crippen LogP contribution in [0.25, 0.3) is 0 Å². The molecule has 3 rings (SSSR count). The Morgan fingerprint density at radius 2 is 1.32 bits per heavy atom. The summed E-state index contributed by atoms with van der Waals surface area (Å²) >= 11 is 0. The highest BCUT2D eigenvalue weighted by Gasteiger charge is 2.24. The summed E-state index contributed by atoms with van der Waals surface area (Å²) in [4.78, 5) is 25.5. The number of ether oxygens (including phenoxy) is 2. The van der Waals surface area contributed by atoms with Crippen molar-refractivity contribution in [2.45, 2.75) is 85.2 Å². The van der Waals surface area contributed by atoms with Gasteiger partial charge in [-0.25, -0.2) is 4.79 Å². The first-order chi connectivity index (χ1) is 18.0. The molecular weight excluding hydrogens is 472 g/mol. The van der Waals surface area contributed by atoms with Gasteiger partial charge in [0.25, 0.3) is 0 Å². The first-order valence-corrected chi connectivity index (χ1v) is 13.7. The zero-order valence-electron chi connectivity index (χ0n) is 24.0. The molecule has 0 radical (unpaired) electrons. The van der Waals surface area contributed by atoms with Crippen molar-refractivity contribution < 1.29 is 19.1 Å². The lowest BCUT2D eigenvalue weighted by atomic mass is 9.78. The zero-order chi connectivity index (χ0) is 27.9. The molecule has 0 amide bonds. The van der Waals surface area contributed by atoms with Gasteiger partial charge in [0, 0.05) is 16.9 Å². The molecular formula is C34H42O4. The number of hydrogen-bond donors (Lipinski definition) is 0. The van der Waals surface area contributed by atoms with Crippen LogP contribution in [0.3, 0.4) is 0 Å². The van der Waals surface area contributed by atoms with Gasteiger partial charge in [-0.1, -0.05) is 83.9 Å². The first-order valence-electron chi connectivity index (χ1n) is 13.7. The summed E-state index contributed by atoms with van der Waals surface area (Å²) in [5.74, 6) is 0.843. The number of esters is 1. The van der Waals surface area contributed by atoms with Gasteiger partial charge in [0.15, 0.2) is 5.78 Å². The molecule has 0 N–H and O–H groups in total. The smallest absolute Gasteiger partial charge is 0.343 e. The second kappa shape index (κ2) is 12.4. The maximum absolute atomic E-state index is 12.8. The van der Waals surface area contributed by atoms with Crippen molar-refractivity contribution in [1.82, 2.24) is 0 Å². The van der Waals surface area contributed by atoms with E-state index in [0.717, 1.165) is 37.0 Å². The van der Waals surface area contributed by atoms with Gasteiger partial charge in [-0.2, -0.15) is 0 Å². The minimum absolute atomic E-state index is 0.0531. The van der Waals surface area contributed by atoms with Crippen molar-refractivity contribution in [2.75, 3.05) is 0 Å². The predicted octanol–water partition coefficient (Wildman–Crippen LogP) is 8.81. The SMILES string of the molecule is CCCC(C)C(=O)c1cccc(C(=O)Oc2ccc(C(C)(C)c3ccc(OC(C)(C)CCC)cc3)cc2)c1. The highest BCUT2D eigenvalue weighted by Crippen LogP contribution is 2.34. The predicted molar refractivity (Wildman–Crippen MR) is 154 cm³/mol.